The molecular weight excluding hydrogens is 501 g/mol. The molecule has 0 saturated carbocycles. The van der Waals surface area contributed by atoms with Gasteiger partial charge in [0.2, 0.25) is 4.96 Å². The van der Waals surface area contributed by atoms with E-state index in [4.69, 9.17) is 0 Å². The van der Waals surface area contributed by atoms with Crippen LogP contribution in [0.25, 0.3) is 14.8 Å². The van der Waals surface area contributed by atoms with Crippen molar-refractivity contribution in [2.24, 2.45) is 0 Å². The van der Waals surface area contributed by atoms with E-state index in [0.717, 1.165) is 22.0 Å². The van der Waals surface area contributed by atoms with Crippen LogP contribution in [-0.4, -0.2) is 56.6 Å². The van der Waals surface area contributed by atoms with Gasteiger partial charge in [0.25, 0.3) is 5.56 Å². The first-order valence-electron chi connectivity index (χ1n) is 10.7. The first kappa shape index (κ1) is 23.5. The number of rotatable bonds is 4. The van der Waals surface area contributed by atoms with E-state index in [0.29, 0.717) is 43.4 Å². The van der Waals surface area contributed by atoms with Crippen LogP contribution in [-0.2, 0) is 12.7 Å². The molecule has 0 unspecified atom stereocenters. The zero-order valence-electron chi connectivity index (χ0n) is 18.2. The molecule has 2 amide bonds. The smallest absolute Gasteiger partial charge is 0.322 e. The number of benzene rings is 1. The summed E-state index contributed by atoms with van der Waals surface area (Å²) in [6.45, 7) is 2.33. The predicted octanol–water partition coefficient (Wildman–Crippen LogP) is 4.25. The van der Waals surface area contributed by atoms with Crippen LogP contribution in [0.2, 0.25) is 0 Å². The maximum Gasteiger partial charge on any atom is 0.416 e. The van der Waals surface area contributed by atoms with Crippen LogP contribution in [0.15, 0.2) is 52.6 Å². The van der Waals surface area contributed by atoms with Crippen molar-refractivity contribution in [3.8, 4) is 9.88 Å². The summed E-state index contributed by atoms with van der Waals surface area (Å²) < 4.78 is 40.0. The Morgan fingerprint density at radius 2 is 1.89 bits per heavy atom. The van der Waals surface area contributed by atoms with Crippen molar-refractivity contribution in [2.75, 3.05) is 31.5 Å². The fourth-order valence-electron chi connectivity index (χ4n) is 3.75. The molecule has 35 heavy (non-hydrogen) atoms. The molecule has 1 aliphatic heterocycles. The van der Waals surface area contributed by atoms with Crippen molar-refractivity contribution in [3.63, 3.8) is 0 Å². The van der Waals surface area contributed by atoms with E-state index < -0.39 is 17.8 Å². The molecule has 1 N–H and O–H groups in total. The molecule has 0 radical (unpaired) electrons. The molecule has 0 spiro atoms. The molecule has 1 aromatic carbocycles. The summed E-state index contributed by atoms with van der Waals surface area (Å²) in [4.78, 5) is 34.8. The first-order valence-corrected chi connectivity index (χ1v) is 12.3. The lowest BCUT2D eigenvalue weighted by molar-refractivity contribution is -0.137. The number of fused-ring (bicyclic) bond motifs is 1. The topological polar surface area (TPSA) is 82.8 Å². The van der Waals surface area contributed by atoms with Gasteiger partial charge < -0.3 is 10.2 Å². The van der Waals surface area contributed by atoms with Gasteiger partial charge in [0, 0.05) is 44.5 Å². The largest absolute Gasteiger partial charge is 0.416 e. The lowest BCUT2D eigenvalue weighted by Crippen LogP contribution is -2.49. The third-order valence-electron chi connectivity index (χ3n) is 5.52. The molecule has 0 bridgehead atoms. The SMILES string of the molecule is O=C(Nc1cccc(C(F)(F)F)c1)N1CCN(Cc2cc(=O)n3nc(-c4cccs4)sc3n2)CC1. The Morgan fingerprint density at radius 1 is 1.09 bits per heavy atom. The summed E-state index contributed by atoms with van der Waals surface area (Å²) in [6, 6.07) is 9.44. The van der Waals surface area contributed by atoms with E-state index in [9.17, 15) is 22.8 Å². The third-order valence-corrected chi connectivity index (χ3v) is 7.46. The van der Waals surface area contributed by atoms with Crippen LogP contribution in [0.3, 0.4) is 0 Å². The van der Waals surface area contributed by atoms with E-state index in [1.54, 1.807) is 16.2 Å². The van der Waals surface area contributed by atoms with Gasteiger partial charge in [-0.2, -0.15) is 22.8 Å². The molecule has 1 fully saturated rings. The first-order chi connectivity index (χ1) is 16.8. The van der Waals surface area contributed by atoms with Gasteiger partial charge in [-0.1, -0.05) is 23.5 Å². The summed E-state index contributed by atoms with van der Waals surface area (Å²) in [5, 5.41) is 9.59. The normalized spacial score (nSPS) is 15.0. The highest BCUT2D eigenvalue weighted by molar-refractivity contribution is 7.23. The van der Waals surface area contributed by atoms with Gasteiger partial charge in [-0.25, -0.2) is 9.78 Å². The van der Waals surface area contributed by atoms with Crippen LogP contribution in [0.4, 0.5) is 23.7 Å². The van der Waals surface area contributed by atoms with E-state index in [2.05, 4.69) is 20.3 Å². The number of hydrogen-bond donors (Lipinski definition) is 1. The summed E-state index contributed by atoms with van der Waals surface area (Å²) in [6.07, 6.45) is -4.48. The maximum atomic E-state index is 12.9. The fourth-order valence-corrected chi connectivity index (χ4v) is 5.47. The Hall–Kier alpha value is -3.29. The number of amides is 2. The highest BCUT2D eigenvalue weighted by Gasteiger charge is 2.30. The van der Waals surface area contributed by atoms with E-state index >= 15 is 0 Å². The standard InChI is InChI=1S/C22H19F3N6O2S2/c23-22(24,25)14-3-1-4-15(11-14)26-20(33)30-8-6-29(7-9-30)13-16-12-18(32)31-21(27-16)35-19(28-31)17-5-2-10-34-17/h1-5,10-12H,6-9,13H2,(H,26,33). The van der Waals surface area contributed by atoms with Gasteiger partial charge in [0.15, 0.2) is 5.01 Å². The van der Waals surface area contributed by atoms with Crippen LogP contribution in [0.5, 0.6) is 0 Å². The van der Waals surface area contributed by atoms with Crippen LogP contribution < -0.4 is 10.9 Å². The number of hydrogen-bond acceptors (Lipinski definition) is 7. The highest BCUT2D eigenvalue weighted by atomic mass is 32.1. The second kappa shape index (κ2) is 9.40. The second-order valence-electron chi connectivity index (χ2n) is 7.94. The van der Waals surface area contributed by atoms with E-state index in [1.165, 1.54) is 34.1 Å². The molecule has 1 saturated heterocycles. The molecule has 3 aromatic heterocycles. The number of carbonyl (C=O) groups excluding carboxylic acids is 1. The highest BCUT2D eigenvalue weighted by Crippen LogP contribution is 2.31. The summed E-state index contributed by atoms with van der Waals surface area (Å²) in [5.74, 6) is 0. The number of aromatic nitrogens is 3. The van der Waals surface area contributed by atoms with Crippen LogP contribution in [0.1, 0.15) is 11.3 Å². The minimum atomic E-state index is -4.48. The molecule has 8 nitrogen and oxygen atoms in total. The van der Waals surface area contributed by atoms with Gasteiger partial charge in [-0.3, -0.25) is 9.69 Å². The number of thiophene rings is 1. The number of carbonyl (C=O) groups is 1. The number of anilines is 1. The average Bonchev–Trinajstić information content (AvgIpc) is 3.49. The predicted molar refractivity (Wildman–Crippen MR) is 128 cm³/mol. The number of halogens is 3. The quantitative estimate of drug-likeness (QED) is 0.435. The zero-order valence-corrected chi connectivity index (χ0v) is 19.8. The lowest BCUT2D eigenvalue weighted by atomic mass is 10.2. The zero-order chi connectivity index (χ0) is 24.6. The fraction of sp³-hybridized carbons (Fsp3) is 0.273. The van der Waals surface area contributed by atoms with Gasteiger partial charge in [-0.05, 0) is 29.6 Å². The molecule has 0 atom stereocenters. The number of urea groups is 1. The minimum absolute atomic E-state index is 0.0942. The molecule has 4 heterocycles. The number of piperazine rings is 1. The molecular formula is C22H19F3N6O2S2. The van der Waals surface area contributed by atoms with E-state index in [-0.39, 0.29) is 11.2 Å². The molecule has 182 valence electrons. The Bertz CT molecular complexity index is 1410. The minimum Gasteiger partial charge on any atom is -0.322 e. The Kier molecular flexibility index (Phi) is 6.30. The Morgan fingerprint density at radius 3 is 2.60 bits per heavy atom. The van der Waals surface area contributed by atoms with Crippen molar-refractivity contribution in [1.82, 2.24) is 24.4 Å². The molecule has 0 aliphatic carbocycles. The van der Waals surface area contributed by atoms with Gasteiger partial charge in [-0.15, -0.1) is 11.3 Å². The van der Waals surface area contributed by atoms with E-state index in [1.807, 2.05) is 17.5 Å². The Balaban J connectivity index is 1.20. The molecule has 5 rings (SSSR count). The third kappa shape index (κ3) is 5.21. The second-order valence-corrected chi connectivity index (χ2v) is 9.84. The van der Waals surface area contributed by atoms with Gasteiger partial charge in [0.05, 0.1) is 16.1 Å². The number of nitrogens with one attached hydrogen (secondary N) is 1. The molecule has 1 aliphatic rings. The summed E-state index contributed by atoms with van der Waals surface area (Å²) >= 11 is 2.90. The summed E-state index contributed by atoms with van der Waals surface area (Å²) in [7, 11) is 0. The van der Waals surface area contributed by atoms with Crippen LogP contribution >= 0.6 is 22.7 Å². The summed E-state index contributed by atoms with van der Waals surface area (Å²) in [5.41, 5.74) is -0.345. The van der Waals surface area contributed by atoms with Crippen molar-refractivity contribution in [2.45, 2.75) is 12.7 Å². The molecule has 13 heteroatoms. The molecule has 4 aromatic rings. The van der Waals surface area contributed by atoms with Gasteiger partial charge >= 0.3 is 12.2 Å². The monoisotopic (exact) mass is 520 g/mol. The van der Waals surface area contributed by atoms with Crippen molar-refractivity contribution >= 4 is 39.4 Å². The van der Waals surface area contributed by atoms with Crippen molar-refractivity contribution in [1.29, 1.82) is 0 Å². The van der Waals surface area contributed by atoms with Crippen molar-refractivity contribution < 1.29 is 18.0 Å². The average molecular weight is 521 g/mol. The number of alkyl halides is 3. The maximum absolute atomic E-state index is 12.9. The van der Waals surface area contributed by atoms with Crippen LogP contribution in [0, 0.1) is 0 Å². The Labute approximate surface area is 205 Å². The van der Waals surface area contributed by atoms with Crippen molar-refractivity contribution in [3.05, 3.63) is 69.5 Å². The number of nitrogens with zero attached hydrogens (tertiary/aromatic N) is 5. The van der Waals surface area contributed by atoms with Gasteiger partial charge in [0.1, 0.15) is 0 Å². The lowest BCUT2D eigenvalue weighted by Gasteiger charge is -2.34.